The number of esters is 1. The fourth-order valence-corrected chi connectivity index (χ4v) is 3.19. The van der Waals surface area contributed by atoms with Crippen LogP contribution in [-0.2, 0) is 9.53 Å². The fraction of sp³-hybridized carbons (Fsp3) is 0.0476. The Balaban J connectivity index is 1.48. The van der Waals surface area contributed by atoms with Crippen LogP contribution in [0.15, 0.2) is 67.0 Å². The summed E-state index contributed by atoms with van der Waals surface area (Å²) in [5.41, 5.74) is 1.51. The normalized spacial score (nSPS) is 10.7. The van der Waals surface area contributed by atoms with Crippen LogP contribution in [0, 0.1) is 10.1 Å². The van der Waals surface area contributed by atoms with Crippen molar-refractivity contribution in [2.45, 2.75) is 0 Å². The molecular weight excluding hydrogens is 438 g/mol. The number of carbonyl (C=O) groups is 2. The lowest BCUT2D eigenvalue weighted by molar-refractivity contribution is -0.383. The number of benzene rings is 2. The van der Waals surface area contributed by atoms with E-state index in [2.05, 4.69) is 15.4 Å². The molecule has 11 heteroatoms. The fourth-order valence-electron chi connectivity index (χ4n) is 3.02. The number of aromatic nitrogens is 3. The van der Waals surface area contributed by atoms with E-state index in [0.717, 1.165) is 17.3 Å². The molecule has 0 radical (unpaired) electrons. The molecule has 4 rings (SSSR count). The highest BCUT2D eigenvalue weighted by molar-refractivity contribution is 6.31. The summed E-state index contributed by atoms with van der Waals surface area (Å²) in [7, 11) is 0. The van der Waals surface area contributed by atoms with E-state index in [0.29, 0.717) is 0 Å². The van der Waals surface area contributed by atoms with Gasteiger partial charge in [0.1, 0.15) is 11.3 Å². The molecule has 32 heavy (non-hydrogen) atoms. The van der Waals surface area contributed by atoms with Crippen molar-refractivity contribution >= 4 is 40.5 Å². The van der Waals surface area contributed by atoms with Gasteiger partial charge in [0.05, 0.1) is 16.8 Å². The van der Waals surface area contributed by atoms with Gasteiger partial charge in [-0.1, -0.05) is 41.9 Å². The number of nitro benzene ring substituents is 1. The molecule has 0 saturated heterocycles. The monoisotopic (exact) mass is 451 g/mol. The second-order valence-corrected chi connectivity index (χ2v) is 6.97. The molecule has 4 aromatic rings. The standard InChI is InChI=1S/C21H14ClN5O5/c22-14-6-7-16(18(10-14)27(30)31)25-19(28)12-32-21(29)15-11-24-26-17(8-9-23-20(15)26)13-4-2-1-3-5-13/h1-11H,12H2,(H,25,28). The molecule has 1 N–H and O–H groups in total. The smallest absolute Gasteiger partial charge is 0.344 e. The van der Waals surface area contributed by atoms with E-state index < -0.39 is 23.4 Å². The number of fused-ring (bicyclic) bond motifs is 1. The van der Waals surface area contributed by atoms with Gasteiger partial charge in [-0.3, -0.25) is 14.9 Å². The first-order chi connectivity index (χ1) is 15.4. The third-order valence-electron chi connectivity index (χ3n) is 4.46. The minimum atomic E-state index is -0.807. The summed E-state index contributed by atoms with van der Waals surface area (Å²) >= 11 is 5.75. The minimum Gasteiger partial charge on any atom is -0.452 e. The molecule has 1 amide bonds. The summed E-state index contributed by atoms with van der Waals surface area (Å²) < 4.78 is 6.56. The number of carbonyl (C=O) groups excluding carboxylic acids is 2. The first-order valence-corrected chi connectivity index (χ1v) is 9.61. The highest BCUT2D eigenvalue weighted by Crippen LogP contribution is 2.27. The van der Waals surface area contributed by atoms with Crippen molar-refractivity contribution in [1.29, 1.82) is 0 Å². The van der Waals surface area contributed by atoms with E-state index in [1.54, 1.807) is 12.3 Å². The van der Waals surface area contributed by atoms with Crippen LogP contribution >= 0.6 is 11.6 Å². The lowest BCUT2D eigenvalue weighted by Gasteiger charge is -2.07. The maximum absolute atomic E-state index is 12.5. The Kier molecular flexibility index (Phi) is 5.77. The van der Waals surface area contributed by atoms with E-state index in [4.69, 9.17) is 16.3 Å². The van der Waals surface area contributed by atoms with Crippen molar-refractivity contribution in [3.8, 4) is 11.3 Å². The Hall–Kier alpha value is -4.31. The second kappa shape index (κ2) is 8.82. The minimum absolute atomic E-state index is 0.0643. The first-order valence-electron chi connectivity index (χ1n) is 9.23. The number of anilines is 1. The molecule has 0 aliphatic rings. The van der Waals surface area contributed by atoms with Gasteiger partial charge in [0.25, 0.3) is 11.6 Å². The van der Waals surface area contributed by atoms with Gasteiger partial charge < -0.3 is 10.1 Å². The Morgan fingerprint density at radius 2 is 1.94 bits per heavy atom. The number of nitrogens with zero attached hydrogens (tertiary/aromatic N) is 4. The Morgan fingerprint density at radius 3 is 2.69 bits per heavy atom. The average Bonchev–Trinajstić information content (AvgIpc) is 3.23. The number of amides is 1. The zero-order valence-electron chi connectivity index (χ0n) is 16.3. The Labute approximate surface area is 185 Å². The van der Waals surface area contributed by atoms with Gasteiger partial charge in [0.2, 0.25) is 0 Å². The van der Waals surface area contributed by atoms with Crippen LogP contribution in [0.1, 0.15) is 10.4 Å². The van der Waals surface area contributed by atoms with E-state index >= 15 is 0 Å². The lowest BCUT2D eigenvalue weighted by atomic mass is 10.1. The maximum atomic E-state index is 12.5. The van der Waals surface area contributed by atoms with Crippen molar-refractivity contribution in [1.82, 2.24) is 14.6 Å². The van der Waals surface area contributed by atoms with Gasteiger partial charge in [0.15, 0.2) is 12.3 Å². The van der Waals surface area contributed by atoms with Crippen LogP contribution in [0.3, 0.4) is 0 Å². The number of nitro groups is 1. The summed E-state index contributed by atoms with van der Waals surface area (Å²) in [5, 5.41) is 17.8. The summed E-state index contributed by atoms with van der Waals surface area (Å²) in [6.07, 6.45) is 2.85. The van der Waals surface area contributed by atoms with E-state index in [9.17, 15) is 19.7 Å². The molecular formula is C21H14ClN5O5. The lowest BCUT2D eigenvalue weighted by Crippen LogP contribution is -2.21. The zero-order chi connectivity index (χ0) is 22.7. The van der Waals surface area contributed by atoms with E-state index in [1.165, 1.54) is 22.8 Å². The topological polar surface area (TPSA) is 129 Å². The summed E-state index contributed by atoms with van der Waals surface area (Å²) in [4.78, 5) is 39.3. The predicted octanol–water partition coefficient (Wildman–Crippen LogP) is 3.75. The number of ether oxygens (including phenoxy) is 1. The molecule has 10 nitrogen and oxygen atoms in total. The van der Waals surface area contributed by atoms with Crippen molar-refractivity contribution in [2.24, 2.45) is 0 Å². The molecule has 2 aromatic heterocycles. The molecule has 0 spiro atoms. The number of nitrogens with one attached hydrogen (secondary N) is 1. The largest absolute Gasteiger partial charge is 0.452 e. The van der Waals surface area contributed by atoms with Crippen LogP contribution in [0.4, 0.5) is 11.4 Å². The predicted molar refractivity (Wildman–Crippen MR) is 115 cm³/mol. The summed E-state index contributed by atoms with van der Waals surface area (Å²) in [6, 6.07) is 15.0. The van der Waals surface area contributed by atoms with Crippen LogP contribution in [-0.4, -0.2) is 38.0 Å². The van der Waals surface area contributed by atoms with E-state index in [-0.39, 0.29) is 27.6 Å². The van der Waals surface area contributed by atoms with E-state index in [1.807, 2.05) is 30.3 Å². The van der Waals surface area contributed by atoms with Gasteiger partial charge in [-0.05, 0) is 18.2 Å². The zero-order valence-corrected chi connectivity index (χ0v) is 17.0. The molecule has 0 unspecified atom stereocenters. The molecule has 0 atom stereocenters. The molecule has 0 aliphatic heterocycles. The number of halogens is 1. The molecule has 2 aromatic carbocycles. The summed E-state index contributed by atoms with van der Waals surface area (Å²) in [5.74, 6) is -1.56. The number of hydrogen-bond donors (Lipinski definition) is 1. The van der Waals surface area contributed by atoms with Crippen LogP contribution in [0.25, 0.3) is 16.9 Å². The van der Waals surface area contributed by atoms with Gasteiger partial charge in [-0.25, -0.2) is 14.3 Å². The Morgan fingerprint density at radius 1 is 1.16 bits per heavy atom. The number of hydrogen-bond acceptors (Lipinski definition) is 7. The molecule has 160 valence electrons. The van der Waals surface area contributed by atoms with Crippen molar-refractivity contribution < 1.29 is 19.2 Å². The third-order valence-corrected chi connectivity index (χ3v) is 4.69. The summed E-state index contributed by atoms with van der Waals surface area (Å²) in [6.45, 7) is -0.658. The van der Waals surface area contributed by atoms with Crippen molar-refractivity contribution in [3.63, 3.8) is 0 Å². The maximum Gasteiger partial charge on any atom is 0.344 e. The molecule has 0 fully saturated rings. The van der Waals surface area contributed by atoms with Crippen LogP contribution < -0.4 is 5.32 Å². The quantitative estimate of drug-likeness (QED) is 0.268. The Bertz CT molecular complexity index is 1340. The van der Waals surface area contributed by atoms with Crippen molar-refractivity contribution in [3.05, 3.63) is 87.7 Å². The first kappa shape index (κ1) is 20.9. The average molecular weight is 452 g/mol. The molecule has 2 heterocycles. The van der Waals surface area contributed by atoms with Crippen LogP contribution in [0.5, 0.6) is 0 Å². The molecule has 0 saturated carbocycles. The number of rotatable bonds is 6. The third kappa shape index (κ3) is 4.25. The van der Waals surface area contributed by atoms with Gasteiger partial charge in [0, 0.05) is 22.8 Å². The highest BCUT2D eigenvalue weighted by atomic mass is 35.5. The SMILES string of the molecule is O=C(COC(=O)c1cnn2c(-c3ccccc3)ccnc12)Nc1ccc(Cl)cc1[N+](=O)[O-]. The highest BCUT2D eigenvalue weighted by Gasteiger charge is 2.20. The van der Waals surface area contributed by atoms with Gasteiger partial charge >= 0.3 is 5.97 Å². The molecule has 0 bridgehead atoms. The van der Waals surface area contributed by atoms with Crippen LogP contribution in [0.2, 0.25) is 5.02 Å². The second-order valence-electron chi connectivity index (χ2n) is 6.53. The van der Waals surface area contributed by atoms with Gasteiger partial charge in [-0.15, -0.1) is 0 Å². The van der Waals surface area contributed by atoms with Crippen molar-refractivity contribution in [2.75, 3.05) is 11.9 Å². The molecule has 0 aliphatic carbocycles. The van der Waals surface area contributed by atoms with Gasteiger partial charge in [-0.2, -0.15) is 5.10 Å².